The van der Waals surface area contributed by atoms with Crippen molar-refractivity contribution in [1.82, 2.24) is 9.55 Å². The van der Waals surface area contributed by atoms with Crippen molar-refractivity contribution in [3.8, 4) is 0 Å². The smallest absolute Gasteiger partial charge is 0.144 e. The van der Waals surface area contributed by atoms with Crippen molar-refractivity contribution in [3.05, 3.63) is 53.4 Å². The minimum absolute atomic E-state index is 0.280. The number of aromatic nitrogens is 2. The molecule has 0 aliphatic carbocycles. The molecule has 1 atom stereocenters. The number of ether oxygens (including phenoxy) is 1. The van der Waals surface area contributed by atoms with Crippen LogP contribution >= 0.6 is 0 Å². The summed E-state index contributed by atoms with van der Waals surface area (Å²) in [6, 6.07) is 5.63. The van der Waals surface area contributed by atoms with Gasteiger partial charge in [0, 0.05) is 27.1 Å². The van der Waals surface area contributed by atoms with Crippen molar-refractivity contribution in [3.63, 3.8) is 0 Å². The summed E-state index contributed by atoms with van der Waals surface area (Å²) in [7, 11) is -1.12. The van der Waals surface area contributed by atoms with E-state index in [0.717, 1.165) is 24.4 Å². The second-order valence-corrected chi connectivity index (χ2v) is 13.2. The van der Waals surface area contributed by atoms with Crippen molar-refractivity contribution in [2.45, 2.75) is 58.3 Å². The highest BCUT2D eigenvalue weighted by atomic mass is 28.3. The number of imidazole rings is 1. The third kappa shape index (κ3) is 5.76. The standard InChI is InChI=1S/C19H29FN2O2Si/c1-5-6-15-13-16(20)7-8-17(15)18(23)19-21-9-10-22(19)14-24-11-12-25(2,3)4/h7-10,13,18,23H,5-6,11-12,14H2,1-4H3. The summed E-state index contributed by atoms with van der Waals surface area (Å²) in [5.74, 6) is 0.245. The minimum atomic E-state index is -1.12. The van der Waals surface area contributed by atoms with Crippen molar-refractivity contribution in [2.24, 2.45) is 0 Å². The van der Waals surface area contributed by atoms with Gasteiger partial charge in [-0.05, 0) is 35.7 Å². The maximum Gasteiger partial charge on any atom is 0.144 e. The molecule has 0 aliphatic heterocycles. The zero-order chi connectivity index (χ0) is 18.4. The largest absolute Gasteiger partial charge is 0.380 e. The Bertz CT molecular complexity index is 682. The van der Waals surface area contributed by atoms with Gasteiger partial charge in [-0.15, -0.1) is 0 Å². The summed E-state index contributed by atoms with van der Waals surface area (Å²) in [6.45, 7) is 10.0. The Labute approximate surface area is 150 Å². The lowest BCUT2D eigenvalue weighted by molar-refractivity contribution is 0.0786. The summed E-state index contributed by atoms with van der Waals surface area (Å²) in [4.78, 5) is 4.29. The fourth-order valence-electron chi connectivity index (χ4n) is 2.68. The van der Waals surface area contributed by atoms with Crippen LogP contribution in [0, 0.1) is 5.82 Å². The van der Waals surface area contributed by atoms with E-state index in [9.17, 15) is 9.50 Å². The molecule has 1 unspecified atom stereocenters. The van der Waals surface area contributed by atoms with E-state index in [0.29, 0.717) is 24.7 Å². The van der Waals surface area contributed by atoms with Crippen LogP contribution in [0.4, 0.5) is 4.39 Å². The molecule has 1 N–H and O–H groups in total. The first-order chi connectivity index (χ1) is 11.8. The number of halogens is 1. The van der Waals surface area contributed by atoms with Gasteiger partial charge in [-0.2, -0.15) is 0 Å². The van der Waals surface area contributed by atoms with Crippen molar-refractivity contribution in [2.75, 3.05) is 6.61 Å². The Hall–Kier alpha value is -1.50. The monoisotopic (exact) mass is 364 g/mol. The van der Waals surface area contributed by atoms with Crippen LogP contribution in [0.2, 0.25) is 25.7 Å². The fraction of sp³-hybridized carbons (Fsp3) is 0.526. The predicted molar refractivity (Wildman–Crippen MR) is 101 cm³/mol. The summed E-state index contributed by atoms with van der Waals surface area (Å²) in [6.07, 6.45) is 4.17. The molecule has 6 heteroatoms. The van der Waals surface area contributed by atoms with Crippen molar-refractivity contribution >= 4 is 8.07 Å². The zero-order valence-corrected chi connectivity index (χ0v) is 16.6. The minimum Gasteiger partial charge on any atom is -0.380 e. The van der Waals surface area contributed by atoms with Crippen molar-refractivity contribution < 1.29 is 14.2 Å². The van der Waals surface area contributed by atoms with E-state index in [4.69, 9.17) is 4.74 Å². The molecule has 0 fully saturated rings. The molecule has 0 aliphatic rings. The van der Waals surface area contributed by atoms with E-state index in [-0.39, 0.29) is 5.82 Å². The van der Waals surface area contributed by atoms with Gasteiger partial charge in [0.15, 0.2) is 0 Å². The van der Waals surface area contributed by atoms with Crippen LogP contribution in [0.3, 0.4) is 0 Å². The molecule has 0 saturated carbocycles. The molecule has 2 aromatic rings. The van der Waals surface area contributed by atoms with Crippen LogP contribution in [0.5, 0.6) is 0 Å². The first-order valence-electron chi connectivity index (χ1n) is 8.87. The molecule has 0 bridgehead atoms. The molecule has 0 saturated heterocycles. The van der Waals surface area contributed by atoms with Gasteiger partial charge in [0.1, 0.15) is 24.5 Å². The highest BCUT2D eigenvalue weighted by Crippen LogP contribution is 2.26. The molecule has 0 radical (unpaired) electrons. The first-order valence-corrected chi connectivity index (χ1v) is 12.6. The summed E-state index contributed by atoms with van der Waals surface area (Å²) in [5.41, 5.74) is 1.53. The topological polar surface area (TPSA) is 47.3 Å². The lowest BCUT2D eigenvalue weighted by atomic mass is 9.98. The van der Waals surface area contributed by atoms with Gasteiger partial charge in [0.05, 0.1) is 0 Å². The van der Waals surface area contributed by atoms with Gasteiger partial charge in [-0.25, -0.2) is 9.37 Å². The predicted octanol–water partition coefficient (Wildman–Crippen LogP) is 4.37. The van der Waals surface area contributed by atoms with Crippen LogP contribution in [-0.2, 0) is 17.9 Å². The number of nitrogens with zero attached hydrogens (tertiary/aromatic N) is 2. The van der Waals surface area contributed by atoms with Crippen LogP contribution in [-0.4, -0.2) is 29.3 Å². The molecule has 4 nitrogen and oxygen atoms in total. The maximum absolute atomic E-state index is 13.5. The van der Waals surface area contributed by atoms with E-state index in [1.54, 1.807) is 18.5 Å². The lowest BCUT2D eigenvalue weighted by Crippen LogP contribution is -2.22. The van der Waals surface area contributed by atoms with E-state index in [1.165, 1.54) is 12.1 Å². The quantitative estimate of drug-likeness (QED) is 0.531. The number of aliphatic hydroxyl groups is 1. The number of rotatable bonds is 9. The Morgan fingerprint density at radius 2 is 2.08 bits per heavy atom. The molecular formula is C19H29FN2O2Si. The molecule has 1 heterocycles. The molecular weight excluding hydrogens is 335 g/mol. The SMILES string of the molecule is CCCc1cc(F)ccc1C(O)c1nccn1COCC[Si](C)(C)C. The first kappa shape index (κ1) is 19.8. The second-order valence-electron chi connectivity index (χ2n) is 7.60. The third-order valence-corrected chi connectivity index (χ3v) is 5.84. The summed E-state index contributed by atoms with van der Waals surface area (Å²) < 4.78 is 21.1. The van der Waals surface area contributed by atoms with Gasteiger partial charge in [0.2, 0.25) is 0 Å². The average molecular weight is 365 g/mol. The Morgan fingerprint density at radius 3 is 2.76 bits per heavy atom. The molecule has 0 spiro atoms. The van der Waals surface area contributed by atoms with E-state index >= 15 is 0 Å². The van der Waals surface area contributed by atoms with Crippen molar-refractivity contribution in [1.29, 1.82) is 0 Å². The number of hydrogen-bond acceptors (Lipinski definition) is 3. The van der Waals surface area contributed by atoms with Crippen LogP contribution in [0.15, 0.2) is 30.6 Å². The van der Waals surface area contributed by atoms with Crippen LogP contribution in [0.1, 0.15) is 36.4 Å². The highest BCUT2D eigenvalue weighted by Gasteiger charge is 2.20. The van der Waals surface area contributed by atoms with Gasteiger partial charge in [-0.3, -0.25) is 0 Å². The van der Waals surface area contributed by atoms with Gasteiger partial charge in [0.25, 0.3) is 0 Å². The second kappa shape index (κ2) is 8.74. The van der Waals surface area contributed by atoms with E-state index in [2.05, 4.69) is 24.6 Å². The van der Waals surface area contributed by atoms with Gasteiger partial charge >= 0.3 is 0 Å². The Morgan fingerprint density at radius 1 is 1.32 bits per heavy atom. The summed E-state index contributed by atoms with van der Waals surface area (Å²) >= 11 is 0. The van der Waals surface area contributed by atoms with Gasteiger partial charge in [-0.1, -0.05) is 39.1 Å². The van der Waals surface area contributed by atoms with E-state index < -0.39 is 14.2 Å². The van der Waals surface area contributed by atoms with Crippen LogP contribution in [0.25, 0.3) is 0 Å². The fourth-order valence-corrected chi connectivity index (χ4v) is 3.44. The van der Waals surface area contributed by atoms with Crippen LogP contribution < -0.4 is 0 Å². The normalized spacial score (nSPS) is 13.2. The van der Waals surface area contributed by atoms with Gasteiger partial charge < -0.3 is 14.4 Å². The molecule has 1 aromatic heterocycles. The number of benzene rings is 1. The molecule has 1 aromatic carbocycles. The molecule has 138 valence electrons. The van der Waals surface area contributed by atoms with E-state index in [1.807, 2.05) is 11.5 Å². The summed E-state index contributed by atoms with van der Waals surface area (Å²) in [5, 5.41) is 10.8. The average Bonchev–Trinajstić information content (AvgIpc) is 2.99. The Balaban J connectivity index is 2.11. The number of aryl methyl sites for hydroxylation is 1. The highest BCUT2D eigenvalue weighted by molar-refractivity contribution is 6.76. The number of aliphatic hydroxyl groups excluding tert-OH is 1. The lowest BCUT2D eigenvalue weighted by Gasteiger charge is -2.18. The molecule has 2 rings (SSSR count). The third-order valence-electron chi connectivity index (χ3n) is 4.14. The maximum atomic E-state index is 13.5. The zero-order valence-electron chi connectivity index (χ0n) is 15.6. The molecule has 25 heavy (non-hydrogen) atoms. The number of hydrogen-bond donors (Lipinski definition) is 1. The Kier molecular flexibility index (Phi) is 6.92. The molecule has 0 amide bonds.